The molecular weight excluding hydrogens is 470 g/mol. The number of aliphatic hydroxyl groups excluding tert-OH is 1. The molecule has 198 valence electrons. The monoisotopic (exact) mass is 507 g/mol. The molecule has 3 amide bonds. The van der Waals surface area contributed by atoms with Crippen molar-refractivity contribution in [2.24, 2.45) is 11.8 Å². The smallest absolute Gasteiger partial charge is 0.249 e. The molecule has 4 aliphatic rings. The third-order valence-electron chi connectivity index (χ3n) is 8.40. The van der Waals surface area contributed by atoms with Gasteiger partial charge in [-0.15, -0.1) is 0 Å². The highest BCUT2D eigenvalue weighted by Gasteiger charge is 2.75. The SMILES string of the molecule is CCCCN1CC=C[C@]23O[C@]4(C)C=CCN(Cc5ccccc5)C(=O)[C@@H]4[C@H]2C(=O)N([C@H](C)CO)C3C1=O. The van der Waals surface area contributed by atoms with Gasteiger partial charge in [0.1, 0.15) is 11.6 Å². The van der Waals surface area contributed by atoms with Gasteiger partial charge in [-0.05, 0) is 25.8 Å². The molecule has 1 aromatic carbocycles. The van der Waals surface area contributed by atoms with E-state index < -0.39 is 35.1 Å². The van der Waals surface area contributed by atoms with Gasteiger partial charge in [0.25, 0.3) is 0 Å². The summed E-state index contributed by atoms with van der Waals surface area (Å²) >= 11 is 0. The van der Waals surface area contributed by atoms with Crippen LogP contribution in [0.15, 0.2) is 54.6 Å². The summed E-state index contributed by atoms with van der Waals surface area (Å²) in [5, 5.41) is 10.1. The van der Waals surface area contributed by atoms with Crippen LogP contribution < -0.4 is 0 Å². The molecule has 1 spiro atoms. The van der Waals surface area contributed by atoms with E-state index in [1.165, 1.54) is 4.90 Å². The van der Waals surface area contributed by atoms with E-state index in [1.54, 1.807) is 16.7 Å². The summed E-state index contributed by atoms with van der Waals surface area (Å²) < 4.78 is 6.80. The van der Waals surface area contributed by atoms with Crippen LogP contribution in [-0.2, 0) is 25.7 Å². The minimum Gasteiger partial charge on any atom is -0.394 e. The van der Waals surface area contributed by atoms with Crippen LogP contribution in [0.4, 0.5) is 0 Å². The predicted octanol–water partition coefficient (Wildman–Crippen LogP) is 2.14. The second kappa shape index (κ2) is 9.72. The average molecular weight is 508 g/mol. The Morgan fingerprint density at radius 3 is 2.41 bits per heavy atom. The summed E-state index contributed by atoms with van der Waals surface area (Å²) in [5.74, 6) is -2.31. The number of benzene rings is 1. The van der Waals surface area contributed by atoms with E-state index in [4.69, 9.17) is 4.74 Å². The molecular formula is C29H37N3O5. The maximum atomic E-state index is 14.2. The third-order valence-corrected chi connectivity index (χ3v) is 8.40. The Balaban J connectivity index is 1.58. The number of rotatable bonds is 7. The lowest BCUT2D eigenvalue weighted by Gasteiger charge is -2.39. The Hall–Kier alpha value is -2.97. The fourth-order valence-electron chi connectivity index (χ4n) is 6.62. The first-order valence-electron chi connectivity index (χ1n) is 13.4. The number of ether oxygens (including phenoxy) is 1. The summed E-state index contributed by atoms with van der Waals surface area (Å²) in [6, 6.07) is 8.25. The molecule has 1 aromatic rings. The van der Waals surface area contributed by atoms with Crippen molar-refractivity contribution in [1.29, 1.82) is 0 Å². The Morgan fingerprint density at radius 2 is 1.70 bits per heavy atom. The zero-order chi connectivity index (χ0) is 26.4. The van der Waals surface area contributed by atoms with Crippen molar-refractivity contribution in [3.8, 4) is 0 Å². The molecule has 1 unspecified atom stereocenters. The molecule has 6 atom stereocenters. The van der Waals surface area contributed by atoms with E-state index in [0.717, 1.165) is 18.4 Å². The number of carbonyl (C=O) groups excluding carboxylic acids is 3. The zero-order valence-corrected chi connectivity index (χ0v) is 21.9. The van der Waals surface area contributed by atoms with Crippen LogP contribution >= 0.6 is 0 Å². The van der Waals surface area contributed by atoms with Gasteiger partial charge in [0.15, 0.2) is 0 Å². The molecule has 8 heteroatoms. The molecule has 0 aliphatic carbocycles. The van der Waals surface area contributed by atoms with Gasteiger partial charge in [-0.3, -0.25) is 14.4 Å². The molecule has 0 saturated carbocycles. The number of aliphatic hydroxyl groups is 1. The second-order valence-corrected chi connectivity index (χ2v) is 10.9. The molecule has 1 N–H and O–H groups in total. The lowest BCUT2D eigenvalue weighted by atomic mass is 9.74. The van der Waals surface area contributed by atoms with Crippen molar-refractivity contribution in [3.05, 3.63) is 60.2 Å². The first-order chi connectivity index (χ1) is 17.8. The number of carbonyl (C=O) groups is 3. The predicted molar refractivity (Wildman–Crippen MR) is 138 cm³/mol. The Labute approximate surface area is 218 Å². The highest BCUT2D eigenvalue weighted by atomic mass is 16.5. The Kier molecular flexibility index (Phi) is 6.75. The van der Waals surface area contributed by atoms with E-state index in [0.29, 0.717) is 26.2 Å². The lowest BCUT2D eigenvalue weighted by Crippen LogP contribution is -2.58. The summed E-state index contributed by atoms with van der Waals surface area (Å²) in [6.45, 7) is 7.22. The summed E-state index contributed by atoms with van der Waals surface area (Å²) in [4.78, 5) is 47.4. The molecule has 4 heterocycles. The third kappa shape index (κ3) is 4.01. The number of hydrogen-bond acceptors (Lipinski definition) is 5. The quantitative estimate of drug-likeness (QED) is 0.571. The van der Waals surface area contributed by atoms with E-state index in [1.807, 2.05) is 61.6 Å². The standard InChI is InChI=1S/C29H37N3O5/c1-4-5-15-30-16-10-14-29-23(26(35)32(20(2)19-33)24(29)27(30)36)22-25(34)31(17-9-13-28(22,3)37-29)18-21-11-7-6-8-12-21/h6-14,20,22-24,33H,4-5,15-19H2,1-3H3/t20-,22+,23+,24?,28-,29+/m1/s1. The van der Waals surface area contributed by atoms with Crippen molar-refractivity contribution in [1.82, 2.24) is 14.7 Å². The van der Waals surface area contributed by atoms with E-state index in [9.17, 15) is 19.5 Å². The summed E-state index contributed by atoms with van der Waals surface area (Å²) in [7, 11) is 0. The second-order valence-electron chi connectivity index (χ2n) is 10.9. The number of hydrogen-bond donors (Lipinski definition) is 1. The number of fused-ring (bicyclic) bond motifs is 2. The molecule has 2 saturated heterocycles. The number of nitrogens with zero attached hydrogens (tertiary/aromatic N) is 3. The van der Waals surface area contributed by atoms with Crippen molar-refractivity contribution in [3.63, 3.8) is 0 Å². The van der Waals surface area contributed by atoms with Crippen LogP contribution in [0.3, 0.4) is 0 Å². The van der Waals surface area contributed by atoms with E-state index in [-0.39, 0.29) is 24.3 Å². The molecule has 2 fully saturated rings. The van der Waals surface area contributed by atoms with Crippen LogP contribution in [-0.4, -0.2) is 87.1 Å². The Bertz CT molecular complexity index is 1120. The highest BCUT2D eigenvalue weighted by Crippen LogP contribution is 2.57. The molecule has 4 aliphatic heterocycles. The fraction of sp³-hybridized carbons (Fsp3) is 0.552. The minimum atomic E-state index is -1.28. The van der Waals surface area contributed by atoms with Crippen molar-refractivity contribution in [2.75, 3.05) is 26.2 Å². The maximum Gasteiger partial charge on any atom is 0.249 e. The van der Waals surface area contributed by atoms with Crippen LogP contribution in [0.2, 0.25) is 0 Å². The van der Waals surface area contributed by atoms with Crippen LogP contribution in [0.1, 0.15) is 39.2 Å². The zero-order valence-electron chi connectivity index (χ0n) is 21.9. The van der Waals surface area contributed by atoms with Crippen molar-refractivity contribution in [2.45, 2.75) is 63.4 Å². The first-order valence-corrected chi connectivity index (χ1v) is 13.4. The number of unbranched alkanes of at least 4 members (excludes halogenated alkanes) is 1. The van der Waals surface area contributed by atoms with Crippen molar-refractivity contribution < 1.29 is 24.2 Å². The van der Waals surface area contributed by atoms with Gasteiger partial charge in [-0.1, -0.05) is 68.0 Å². The molecule has 0 radical (unpaired) electrons. The maximum absolute atomic E-state index is 14.2. The fourth-order valence-corrected chi connectivity index (χ4v) is 6.62. The summed E-state index contributed by atoms with van der Waals surface area (Å²) in [6.07, 6.45) is 9.39. The van der Waals surface area contributed by atoms with E-state index >= 15 is 0 Å². The normalized spacial score (nSPS) is 33.8. The van der Waals surface area contributed by atoms with Gasteiger partial charge in [0.05, 0.1) is 30.1 Å². The van der Waals surface area contributed by atoms with Gasteiger partial charge < -0.3 is 24.5 Å². The molecule has 8 nitrogen and oxygen atoms in total. The minimum absolute atomic E-state index is 0.156. The van der Waals surface area contributed by atoms with Gasteiger partial charge in [-0.25, -0.2) is 0 Å². The van der Waals surface area contributed by atoms with Gasteiger partial charge in [-0.2, -0.15) is 0 Å². The van der Waals surface area contributed by atoms with Crippen molar-refractivity contribution >= 4 is 17.7 Å². The molecule has 5 rings (SSSR count). The number of amides is 3. The molecule has 37 heavy (non-hydrogen) atoms. The van der Waals surface area contributed by atoms with Gasteiger partial charge >= 0.3 is 0 Å². The average Bonchev–Trinajstić information content (AvgIpc) is 3.18. The van der Waals surface area contributed by atoms with Crippen LogP contribution in [0.25, 0.3) is 0 Å². The largest absolute Gasteiger partial charge is 0.394 e. The first kappa shape index (κ1) is 25.7. The van der Waals surface area contributed by atoms with E-state index in [2.05, 4.69) is 6.92 Å². The van der Waals surface area contributed by atoms with Crippen LogP contribution in [0.5, 0.6) is 0 Å². The molecule has 0 aromatic heterocycles. The topological polar surface area (TPSA) is 90.4 Å². The van der Waals surface area contributed by atoms with Crippen LogP contribution in [0, 0.1) is 11.8 Å². The lowest BCUT2D eigenvalue weighted by molar-refractivity contribution is -0.155. The van der Waals surface area contributed by atoms with Gasteiger partial charge in [0, 0.05) is 26.2 Å². The number of likely N-dealkylation sites (tertiary alicyclic amines) is 1. The highest BCUT2D eigenvalue weighted by molar-refractivity contribution is 6.00. The molecule has 0 bridgehead atoms. The Morgan fingerprint density at radius 1 is 1.00 bits per heavy atom. The van der Waals surface area contributed by atoms with Gasteiger partial charge in [0.2, 0.25) is 17.7 Å². The summed E-state index contributed by atoms with van der Waals surface area (Å²) in [5.41, 5.74) is -1.32.